The van der Waals surface area contributed by atoms with Gasteiger partial charge in [0.15, 0.2) is 0 Å². The van der Waals surface area contributed by atoms with Crippen LogP contribution in [0.2, 0.25) is 0 Å². The van der Waals surface area contributed by atoms with Gasteiger partial charge in [0.1, 0.15) is 5.82 Å². The van der Waals surface area contributed by atoms with Gasteiger partial charge in [-0.2, -0.15) is 0 Å². The summed E-state index contributed by atoms with van der Waals surface area (Å²) in [4.78, 5) is 8.82. The van der Waals surface area contributed by atoms with E-state index in [4.69, 9.17) is 0 Å². The van der Waals surface area contributed by atoms with Crippen LogP contribution >= 0.6 is 11.3 Å². The Labute approximate surface area is 118 Å². The molecule has 2 heterocycles. The van der Waals surface area contributed by atoms with Gasteiger partial charge in [0.05, 0.1) is 5.01 Å². The van der Waals surface area contributed by atoms with Crippen molar-refractivity contribution in [1.82, 2.24) is 19.9 Å². The van der Waals surface area contributed by atoms with Gasteiger partial charge < -0.3 is 9.88 Å². The monoisotopic (exact) mass is 278 g/mol. The second kappa shape index (κ2) is 6.82. The van der Waals surface area contributed by atoms with E-state index in [1.54, 1.807) is 11.3 Å². The van der Waals surface area contributed by atoms with Gasteiger partial charge >= 0.3 is 0 Å². The molecule has 5 heteroatoms. The fourth-order valence-corrected chi connectivity index (χ4v) is 2.90. The Balaban J connectivity index is 1.74. The van der Waals surface area contributed by atoms with Crippen molar-refractivity contribution >= 4 is 11.3 Å². The minimum absolute atomic E-state index is 0.445. The van der Waals surface area contributed by atoms with Gasteiger partial charge in [-0.05, 0) is 13.8 Å². The minimum Gasteiger partial charge on any atom is -0.333 e. The van der Waals surface area contributed by atoms with Crippen molar-refractivity contribution in [2.45, 2.75) is 46.2 Å². The number of rotatable bonds is 7. The molecule has 0 spiro atoms. The van der Waals surface area contributed by atoms with Gasteiger partial charge in [-0.1, -0.05) is 6.92 Å². The van der Waals surface area contributed by atoms with Crippen LogP contribution in [0.4, 0.5) is 0 Å². The van der Waals surface area contributed by atoms with Crippen molar-refractivity contribution in [3.05, 3.63) is 34.3 Å². The number of hydrogen-bond donors (Lipinski definition) is 1. The van der Waals surface area contributed by atoms with Crippen LogP contribution in [0.1, 0.15) is 30.4 Å². The normalized spacial score (nSPS) is 12.8. The Morgan fingerprint density at radius 2 is 2.32 bits per heavy atom. The first kappa shape index (κ1) is 14.2. The van der Waals surface area contributed by atoms with Gasteiger partial charge in [0, 0.05) is 55.4 Å². The molecule has 0 fully saturated rings. The van der Waals surface area contributed by atoms with Crippen molar-refractivity contribution in [3.8, 4) is 0 Å². The Hall–Kier alpha value is -1.20. The average molecular weight is 278 g/mol. The molecule has 0 amide bonds. The maximum Gasteiger partial charge on any atom is 0.108 e. The maximum absolute atomic E-state index is 4.47. The van der Waals surface area contributed by atoms with Gasteiger partial charge in [0.25, 0.3) is 0 Å². The molecule has 0 bridgehead atoms. The lowest BCUT2D eigenvalue weighted by Gasteiger charge is -2.15. The highest BCUT2D eigenvalue weighted by molar-refractivity contribution is 7.09. The number of nitrogens with zero attached hydrogens (tertiary/aromatic N) is 3. The quantitative estimate of drug-likeness (QED) is 0.846. The zero-order valence-corrected chi connectivity index (χ0v) is 12.7. The topological polar surface area (TPSA) is 42.7 Å². The summed E-state index contributed by atoms with van der Waals surface area (Å²) in [5, 5.41) is 6.87. The lowest BCUT2D eigenvalue weighted by atomic mass is 10.3. The van der Waals surface area contributed by atoms with E-state index in [1.165, 1.54) is 5.01 Å². The molecule has 0 aromatic carbocycles. The van der Waals surface area contributed by atoms with E-state index in [0.29, 0.717) is 6.04 Å². The molecule has 0 radical (unpaired) electrons. The Kier molecular flexibility index (Phi) is 5.10. The first-order valence-electron chi connectivity index (χ1n) is 6.83. The minimum atomic E-state index is 0.445. The highest BCUT2D eigenvalue weighted by atomic mass is 32.1. The van der Waals surface area contributed by atoms with E-state index in [-0.39, 0.29) is 0 Å². The van der Waals surface area contributed by atoms with Gasteiger partial charge in [-0.25, -0.2) is 9.97 Å². The molecule has 0 saturated carbocycles. The third-order valence-corrected chi connectivity index (χ3v) is 4.11. The van der Waals surface area contributed by atoms with Crippen molar-refractivity contribution in [2.24, 2.45) is 0 Å². The molecule has 0 saturated heterocycles. The summed E-state index contributed by atoms with van der Waals surface area (Å²) in [5.41, 5.74) is 1.12. The van der Waals surface area contributed by atoms with Crippen molar-refractivity contribution in [1.29, 1.82) is 0 Å². The molecular weight excluding hydrogens is 256 g/mol. The van der Waals surface area contributed by atoms with Crippen molar-refractivity contribution in [2.75, 3.05) is 6.54 Å². The third kappa shape index (κ3) is 4.14. The predicted molar refractivity (Wildman–Crippen MR) is 79.6 cm³/mol. The number of thiazole rings is 1. The van der Waals surface area contributed by atoms with Crippen LogP contribution in [0.5, 0.6) is 0 Å². The van der Waals surface area contributed by atoms with E-state index >= 15 is 0 Å². The van der Waals surface area contributed by atoms with Crippen LogP contribution < -0.4 is 5.32 Å². The van der Waals surface area contributed by atoms with Crippen LogP contribution in [-0.2, 0) is 19.4 Å². The summed E-state index contributed by atoms with van der Waals surface area (Å²) >= 11 is 1.75. The lowest BCUT2D eigenvalue weighted by molar-refractivity contribution is 0.471. The molecule has 0 aliphatic carbocycles. The van der Waals surface area contributed by atoms with Gasteiger partial charge in [0.2, 0.25) is 0 Å². The van der Waals surface area contributed by atoms with E-state index < -0.39 is 0 Å². The molecule has 0 aliphatic rings. The summed E-state index contributed by atoms with van der Waals surface area (Å²) in [5.74, 6) is 1.16. The number of nitrogens with one attached hydrogen (secondary N) is 1. The molecule has 4 nitrogen and oxygen atoms in total. The molecule has 2 aromatic rings. The van der Waals surface area contributed by atoms with Gasteiger partial charge in [-0.15, -0.1) is 11.3 Å². The van der Waals surface area contributed by atoms with E-state index in [1.807, 2.05) is 13.1 Å². The molecule has 2 aromatic heterocycles. The standard InChI is InChI=1S/C14H22N4S/c1-4-13-16-7-8-18(13)9-11(2)15-6-5-14-17-12(3)10-19-14/h7-8,10-11,15H,4-6,9H2,1-3H3. The molecule has 0 aliphatic heterocycles. The Bertz CT molecular complexity index is 503. The van der Waals surface area contributed by atoms with Crippen LogP contribution in [0.25, 0.3) is 0 Å². The number of hydrogen-bond acceptors (Lipinski definition) is 4. The highest BCUT2D eigenvalue weighted by Crippen LogP contribution is 2.08. The summed E-state index contributed by atoms with van der Waals surface area (Å²) in [7, 11) is 0. The lowest BCUT2D eigenvalue weighted by Crippen LogP contribution is -2.32. The summed E-state index contributed by atoms with van der Waals surface area (Å²) in [6.07, 6.45) is 5.93. The number of imidazole rings is 1. The average Bonchev–Trinajstić information content (AvgIpc) is 2.98. The third-order valence-electron chi connectivity index (χ3n) is 3.09. The van der Waals surface area contributed by atoms with Crippen molar-refractivity contribution < 1.29 is 0 Å². The van der Waals surface area contributed by atoms with E-state index in [0.717, 1.165) is 37.4 Å². The fourth-order valence-electron chi connectivity index (χ4n) is 2.12. The molecule has 1 atom stereocenters. The SMILES string of the molecule is CCc1nccn1CC(C)NCCc1nc(C)cs1. The largest absolute Gasteiger partial charge is 0.333 e. The zero-order chi connectivity index (χ0) is 13.7. The predicted octanol–water partition coefficient (Wildman–Crippen LogP) is 2.43. The summed E-state index contributed by atoms with van der Waals surface area (Å²) < 4.78 is 2.23. The Morgan fingerprint density at radius 1 is 1.47 bits per heavy atom. The molecule has 104 valence electrons. The molecular formula is C14H22N4S. The molecule has 2 rings (SSSR count). The van der Waals surface area contributed by atoms with Crippen LogP contribution in [-0.4, -0.2) is 27.1 Å². The summed E-state index contributed by atoms with van der Waals surface area (Å²) in [6, 6.07) is 0.445. The maximum atomic E-state index is 4.47. The molecule has 1 unspecified atom stereocenters. The molecule has 1 N–H and O–H groups in total. The van der Waals surface area contributed by atoms with E-state index in [9.17, 15) is 0 Å². The first-order valence-corrected chi connectivity index (χ1v) is 7.71. The second-order valence-electron chi connectivity index (χ2n) is 4.84. The zero-order valence-electron chi connectivity index (χ0n) is 11.9. The first-order chi connectivity index (χ1) is 9.19. The molecule has 19 heavy (non-hydrogen) atoms. The Morgan fingerprint density at radius 3 is 3.00 bits per heavy atom. The number of aromatic nitrogens is 3. The van der Waals surface area contributed by atoms with Crippen molar-refractivity contribution in [3.63, 3.8) is 0 Å². The summed E-state index contributed by atoms with van der Waals surface area (Å²) in [6.45, 7) is 8.35. The fraction of sp³-hybridized carbons (Fsp3) is 0.571. The van der Waals surface area contributed by atoms with Crippen LogP contribution in [0.15, 0.2) is 17.8 Å². The van der Waals surface area contributed by atoms with Crippen LogP contribution in [0, 0.1) is 6.92 Å². The van der Waals surface area contributed by atoms with Crippen LogP contribution in [0.3, 0.4) is 0 Å². The number of aryl methyl sites for hydroxylation is 2. The van der Waals surface area contributed by atoms with E-state index in [2.05, 4.69) is 45.3 Å². The van der Waals surface area contributed by atoms with Gasteiger partial charge in [-0.3, -0.25) is 0 Å². The smallest absolute Gasteiger partial charge is 0.108 e. The second-order valence-corrected chi connectivity index (χ2v) is 5.78. The highest BCUT2D eigenvalue weighted by Gasteiger charge is 2.06.